The molecule has 1 N–H and O–H groups in total. The summed E-state index contributed by atoms with van der Waals surface area (Å²) in [6.07, 6.45) is 4.67. The van der Waals surface area contributed by atoms with Crippen LogP contribution in [-0.4, -0.2) is 36.2 Å². The van der Waals surface area contributed by atoms with Gasteiger partial charge < -0.3 is 14.6 Å². The van der Waals surface area contributed by atoms with Crippen molar-refractivity contribution in [3.05, 3.63) is 64.7 Å². The monoisotopic (exact) mass is 476 g/mol. The Balaban J connectivity index is 1.54. The molecule has 0 heterocycles. The van der Waals surface area contributed by atoms with Crippen LogP contribution in [0.1, 0.15) is 83.1 Å². The molecule has 0 fully saturated rings. The zero-order valence-electron chi connectivity index (χ0n) is 20.6. The molecule has 0 spiro atoms. The van der Waals surface area contributed by atoms with E-state index in [-0.39, 0.29) is 17.3 Å². The number of hydrogen-bond acceptors (Lipinski definition) is 6. The van der Waals surface area contributed by atoms with Crippen LogP contribution in [0.15, 0.2) is 42.5 Å². The fourth-order valence-electron chi connectivity index (χ4n) is 4.15. The second kappa shape index (κ2) is 12.2. The average molecular weight is 477 g/mol. The lowest BCUT2D eigenvalue weighted by molar-refractivity contribution is 0.100. The fourth-order valence-corrected chi connectivity index (χ4v) is 4.15. The lowest BCUT2D eigenvalue weighted by atomic mass is 9.99. The third-order valence-electron chi connectivity index (χ3n) is 5.92. The number of ether oxygens (including phenoxy) is 2. The zero-order chi connectivity index (χ0) is 25.4. The molecule has 0 aromatic heterocycles. The predicted octanol–water partition coefficient (Wildman–Crippen LogP) is 6.34. The number of fused-ring (bicyclic) bond motifs is 1. The van der Waals surface area contributed by atoms with Crippen molar-refractivity contribution in [1.29, 1.82) is 0 Å². The summed E-state index contributed by atoms with van der Waals surface area (Å²) >= 11 is 0. The van der Waals surface area contributed by atoms with Gasteiger partial charge in [0.1, 0.15) is 23.5 Å². The van der Waals surface area contributed by atoms with Crippen LogP contribution in [0.3, 0.4) is 0 Å². The first kappa shape index (κ1) is 25.9. The molecule has 0 aliphatic rings. The fraction of sp³-hybridized carbons (Fsp3) is 0.345. The number of carbonyl (C=O) groups excluding carboxylic acids is 3. The van der Waals surface area contributed by atoms with Gasteiger partial charge in [0.25, 0.3) is 0 Å². The number of hydrogen-bond donors (Lipinski definition) is 1. The standard InChI is InChI=1S/C29H32O6/c1-4-8-24-26(14-12-23(19(2)31)29(24)33)34-15-6-5-7-16-35-27-13-11-22-10-9-21(18-30)17-25(22)28(27)20(3)32/h9-14,17-18,33H,4-8,15-16H2,1-3H3. The number of phenolic OH excluding ortho intramolecular Hbond substituents is 1. The zero-order valence-corrected chi connectivity index (χ0v) is 20.6. The van der Waals surface area contributed by atoms with E-state index in [2.05, 4.69) is 0 Å². The van der Waals surface area contributed by atoms with Crippen molar-refractivity contribution in [2.24, 2.45) is 0 Å². The predicted molar refractivity (Wildman–Crippen MR) is 136 cm³/mol. The van der Waals surface area contributed by atoms with Crippen molar-refractivity contribution in [2.45, 2.75) is 52.9 Å². The number of carbonyl (C=O) groups is 3. The van der Waals surface area contributed by atoms with Crippen LogP contribution < -0.4 is 9.47 Å². The number of aromatic hydroxyl groups is 1. The molecule has 6 nitrogen and oxygen atoms in total. The molecule has 3 aromatic rings. The van der Waals surface area contributed by atoms with Gasteiger partial charge in [-0.2, -0.15) is 0 Å². The van der Waals surface area contributed by atoms with Crippen molar-refractivity contribution in [2.75, 3.05) is 13.2 Å². The van der Waals surface area contributed by atoms with Gasteiger partial charge in [-0.05, 0) is 74.6 Å². The molecule has 3 aromatic carbocycles. The maximum Gasteiger partial charge on any atom is 0.164 e. The van der Waals surface area contributed by atoms with E-state index in [1.165, 1.54) is 13.8 Å². The molecule has 0 aliphatic heterocycles. The molecule has 0 atom stereocenters. The topological polar surface area (TPSA) is 89.9 Å². The van der Waals surface area contributed by atoms with Crippen LogP contribution >= 0.6 is 0 Å². The summed E-state index contributed by atoms with van der Waals surface area (Å²) in [5, 5.41) is 12.1. The summed E-state index contributed by atoms with van der Waals surface area (Å²) in [4.78, 5) is 35.2. The highest BCUT2D eigenvalue weighted by Crippen LogP contribution is 2.33. The quantitative estimate of drug-likeness (QED) is 0.176. The average Bonchev–Trinajstić information content (AvgIpc) is 2.84. The second-order valence-electron chi connectivity index (χ2n) is 8.60. The molecular weight excluding hydrogens is 444 g/mol. The van der Waals surface area contributed by atoms with Crippen molar-refractivity contribution >= 4 is 28.6 Å². The van der Waals surface area contributed by atoms with E-state index < -0.39 is 0 Å². The Hall–Kier alpha value is -3.67. The van der Waals surface area contributed by atoms with Crippen LogP contribution in [0.5, 0.6) is 17.2 Å². The summed E-state index contributed by atoms with van der Waals surface area (Å²) in [5.41, 5.74) is 2.00. The van der Waals surface area contributed by atoms with Crippen molar-refractivity contribution < 1.29 is 29.0 Å². The molecule has 0 saturated carbocycles. The molecule has 3 rings (SSSR count). The minimum atomic E-state index is -0.171. The summed E-state index contributed by atoms with van der Waals surface area (Å²) in [6.45, 7) is 5.89. The highest BCUT2D eigenvalue weighted by atomic mass is 16.5. The number of phenols is 1. The lowest BCUT2D eigenvalue weighted by Gasteiger charge is -2.15. The van der Waals surface area contributed by atoms with Gasteiger partial charge in [-0.25, -0.2) is 0 Å². The van der Waals surface area contributed by atoms with Gasteiger partial charge in [-0.3, -0.25) is 14.4 Å². The second-order valence-corrected chi connectivity index (χ2v) is 8.60. The minimum absolute atomic E-state index is 0.0159. The molecule has 6 heteroatoms. The van der Waals surface area contributed by atoms with E-state index in [1.54, 1.807) is 30.3 Å². The Morgan fingerprint density at radius 3 is 2.17 bits per heavy atom. The molecule has 0 bridgehead atoms. The normalized spacial score (nSPS) is 10.8. The minimum Gasteiger partial charge on any atom is -0.507 e. The van der Waals surface area contributed by atoms with E-state index in [0.29, 0.717) is 53.4 Å². The molecule has 0 unspecified atom stereocenters. The van der Waals surface area contributed by atoms with Gasteiger partial charge >= 0.3 is 0 Å². The van der Waals surface area contributed by atoms with E-state index in [9.17, 15) is 19.5 Å². The number of unbranched alkanes of at least 4 members (excludes halogenated alkanes) is 2. The van der Waals surface area contributed by atoms with Crippen LogP contribution in [0, 0.1) is 0 Å². The summed E-state index contributed by atoms with van der Waals surface area (Å²) in [6, 6.07) is 12.3. The molecule has 0 aliphatic carbocycles. The number of rotatable bonds is 13. The Kier molecular flexibility index (Phi) is 9.01. The van der Waals surface area contributed by atoms with Crippen LogP contribution in [-0.2, 0) is 6.42 Å². The third-order valence-corrected chi connectivity index (χ3v) is 5.92. The van der Waals surface area contributed by atoms with Gasteiger partial charge in [-0.1, -0.05) is 31.5 Å². The van der Waals surface area contributed by atoms with Crippen LogP contribution in [0.25, 0.3) is 10.8 Å². The van der Waals surface area contributed by atoms with Gasteiger partial charge in [-0.15, -0.1) is 0 Å². The number of ketones is 2. The first-order chi connectivity index (χ1) is 16.9. The maximum atomic E-state index is 12.3. The van der Waals surface area contributed by atoms with Crippen LogP contribution in [0.4, 0.5) is 0 Å². The van der Waals surface area contributed by atoms with E-state index >= 15 is 0 Å². The van der Waals surface area contributed by atoms with E-state index in [4.69, 9.17) is 9.47 Å². The van der Waals surface area contributed by atoms with Gasteiger partial charge in [0.15, 0.2) is 11.6 Å². The smallest absolute Gasteiger partial charge is 0.164 e. The third kappa shape index (κ3) is 6.27. The highest BCUT2D eigenvalue weighted by molar-refractivity contribution is 6.10. The Morgan fingerprint density at radius 1 is 0.886 bits per heavy atom. The van der Waals surface area contributed by atoms with Gasteiger partial charge in [0.05, 0.1) is 24.3 Å². The Morgan fingerprint density at radius 2 is 1.54 bits per heavy atom. The van der Waals surface area contributed by atoms with Crippen molar-refractivity contribution in [3.8, 4) is 17.2 Å². The largest absolute Gasteiger partial charge is 0.507 e. The Labute approximate surface area is 205 Å². The van der Waals surface area contributed by atoms with Crippen molar-refractivity contribution in [1.82, 2.24) is 0 Å². The first-order valence-electron chi connectivity index (χ1n) is 12.0. The highest BCUT2D eigenvalue weighted by Gasteiger charge is 2.16. The summed E-state index contributed by atoms with van der Waals surface area (Å²) in [7, 11) is 0. The summed E-state index contributed by atoms with van der Waals surface area (Å²) < 4.78 is 11.8. The first-order valence-corrected chi connectivity index (χ1v) is 12.0. The molecular formula is C29H32O6. The van der Waals surface area contributed by atoms with E-state index in [1.807, 2.05) is 19.1 Å². The molecule has 0 radical (unpaired) electrons. The van der Waals surface area contributed by atoms with Crippen LogP contribution in [0.2, 0.25) is 0 Å². The molecule has 0 saturated heterocycles. The lowest BCUT2D eigenvalue weighted by Crippen LogP contribution is -2.06. The molecule has 35 heavy (non-hydrogen) atoms. The molecule has 184 valence electrons. The molecule has 0 amide bonds. The maximum absolute atomic E-state index is 12.3. The van der Waals surface area contributed by atoms with Gasteiger partial charge in [0, 0.05) is 11.1 Å². The summed E-state index contributed by atoms with van der Waals surface area (Å²) in [5.74, 6) is 0.873. The SMILES string of the molecule is CCCc1c(OCCCCCOc2ccc3ccc(C=O)cc3c2C(C)=O)ccc(C(C)=O)c1O. The van der Waals surface area contributed by atoms with Crippen molar-refractivity contribution in [3.63, 3.8) is 0 Å². The number of Topliss-reactive ketones (excluding diaryl/α,β-unsaturated/α-hetero) is 2. The number of aldehydes is 1. The van der Waals surface area contributed by atoms with E-state index in [0.717, 1.165) is 42.7 Å². The van der Waals surface area contributed by atoms with Gasteiger partial charge in [0.2, 0.25) is 0 Å². The number of benzene rings is 3. The Bertz CT molecular complexity index is 1230.